The first kappa shape index (κ1) is 30.6. The lowest BCUT2D eigenvalue weighted by Gasteiger charge is -2.29. The van der Waals surface area contributed by atoms with Gasteiger partial charge in [-0.3, -0.25) is 24.2 Å². The van der Waals surface area contributed by atoms with Gasteiger partial charge in [0.1, 0.15) is 18.1 Å². The predicted molar refractivity (Wildman–Crippen MR) is 132 cm³/mol. The molecule has 1 rings (SSSR count). The molecule has 0 radical (unpaired) electrons. The van der Waals surface area contributed by atoms with Crippen molar-refractivity contribution in [2.45, 2.75) is 83.0 Å². The summed E-state index contributed by atoms with van der Waals surface area (Å²) in [5.74, 6) is -3.66. The van der Waals surface area contributed by atoms with Gasteiger partial charge in [0.15, 0.2) is 5.96 Å². The molecule has 1 aliphatic heterocycles. The van der Waals surface area contributed by atoms with Crippen molar-refractivity contribution in [1.29, 1.82) is 0 Å². The minimum atomic E-state index is -1.18. The quantitative estimate of drug-likeness (QED) is 0.0708. The molecule has 14 heteroatoms. The monoisotopic (exact) mass is 512 g/mol. The zero-order chi connectivity index (χ0) is 27.4. The highest BCUT2D eigenvalue weighted by atomic mass is 16.4. The van der Waals surface area contributed by atoms with E-state index in [9.17, 15) is 29.1 Å². The molecule has 4 unspecified atom stereocenters. The molecule has 11 N–H and O–H groups in total. The Morgan fingerprint density at radius 2 is 1.67 bits per heavy atom. The second-order valence-electron chi connectivity index (χ2n) is 9.34. The Balaban J connectivity index is 2.94. The molecule has 0 spiro atoms. The maximum Gasteiger partial charge on any atom is 0.326 e. The lowest BCUT2D eigenvalue weighted by molar-refractivity contribution is -0.149. The zero-order valence-electron chi connectivity index (χ0n) is 20.9. The summed E-state index contributed by atoms with van der Waals surface area (Å²) in [5, 5.41) is 14.6. The number of carbonyl (C=O) groups excluding carboxylic acids is 4. The first-order chi connectivity index (χ1) is 16.8. The first-order valence-corrected chi connectivity index (χ1v) is 12.1. The van der Waals surface area contributed by atoms with Crippen LogP contribution in [0.4, 0.5) is 0 Å². The number of aliphatic imine (C=N–C) groups is 1. The number of primary amides is 1. The van der Waals surface area contributed by atoms with Gasteiger partial charge in [0.05, 0.1) is 6.04 Å². The lowest BCUT2D eigenvalue weighted by atomic mass is 10.0. The zero-order valence-corrected chi connectivity index (χ0v) is 20.9. The molecule has 0 aromatic carbocycles. The number of carboxylic acid groups (broad SMARTS) is 1. The van der Waals surface area contributed by atoms with Crippen molar-refractivity contribution in [2.24, 2.45) is 33.8 Å². The van der Waals surface area contributed by atoms with Crippen molar-refractivity contribution in [3.8, 4) is 0 Å². The summed E-state index contributed by atoms with van der Waals surface area (Å²) in [6.45, 7) is 4.27. The molecule has 0 bridgehead atoms. The molecule has 36 heavy (non-hydrogen) atoms. The van der Waals surface area contributed by atoms with E-state index in [1.807, 2.05) is 13.8 Å². The molecule has 14 nitrogen and oxygen atoms in total. The van der Waals surface area contributed by atoms with Crippen molar-refractivity contribution in [1.82, 2.24) is 15.5 Å². The van der Waals surface area contributed by atoms with Crippen LogP contribution in [0.15, 0.2) is 4.99 Å². The van der Waals surface area contributed by atoms with E-state index >= 15 is 0 Å². The van der Waals surface area contributed by atoms with Gasteiger partial charge in [0, 0.05) is 19.5 Å². The summed E-state index contributed by atoms with van der Waals surface area (Å²) in [7, 11) is 0. The Morgan fingerprint density at radius 3 is 2.22 bits per heavy atom. The number of amides is 4. The van der Waals surface area contributed by atoms with Gasteiger partial charge >= 0.3 is 5.97 Å². The number of carbonyl (C=O) groups is 5. The highest BCUT2D eigenvalue weighted by Gasteiger charge is 2.38. The predicted octanol–water partition coefficient (Wildman–Crippen LogP) is -2.28. The third-order valence-electron chi connectivity index (χ3n) is 5.76. The number of nitrogens with one attached hydrogen (secondary N) is 2. The third-order valence-corrected chi connectivity index (χ3v) is 5.76. The fourth-order valence-electron chi connectivity index (χ4n) is 3.94. The second-order valence-corrected chi connectivity index (χ2v) is 9.34. The highest BCUT2D eigenvalue weighted by molar-refractivity contribution is 5.94. The standard InChI is InChI=1S/C22H40N8O6/c1-12(2)11-15(20(34)30-10-4-6-16(30)21(35)36)29-19(33)14(7-8-17(24)31)28-18(32)13(23)5-3-9-27-22(25)26/h12-16H,3-11,23H2,1-2H3,(H2,24,31)(H,28,32)(H,29,33)(H,35,36)(H4,25,26,27). The van der Waals surface area contributed by atoms with Gasteiger partial charge in [-0.15, -0.1) is 0 Å². The Labute approximate surface area is 210 Å². The average molecular weight is 513 g/mol. The van der Waals surface area contributed by atoms with Gasteiger partial charge in [-0.1, -0.05) is 13.8 Å². The number of likely N-dealkylation sites (tertiary alicyclic amines) is 1. The fourth-order valence-corrected chi connectivity index (χ4v) is 3.94. The van der Waals surface area contributed by atoms with Crippen LogP contribution in [0.3, 0.4) is 0 Å². The molecule has 204 valence electrons. The maximum atomic E-state index is 13.2. The van der Waals surface area contributed by atoms with Crippen LogP contribution in [-0.2, 0) is 24.0 Å². The van der Waals surface area contributed by atoms with E-state index in [1.165, 1.54) is 4.90 Å². The van der Waals surface area contributed by atoms with Gasteiger partial charge in [0.25, 0.3) is 0 Å². The molecule has 0 aromatic heterocycles. The van der Waals surface area contributed by atoms with Crippen LogP contribution < -0.4 is 33.6 Å². The first-order valence-electron chi connectivity index (χ1n) is 12.1. The van der Waals surface area contributed by atoms with Crippen LogP contribution in [0, 0.1) is 5.92 Å². The van der Waals surface area contributed by atoms with E-state index in [0.717, 1.165) is 0 Å². The third kappa shape index (κ3) is 10.5. The largest absolute Gasteiger partial charge is 0.480 e. The molecule has 1 aliphatic rings. The number of hydrogen-bond acceptors (Lipinski definition) is 7. The molecule has 0 aliphatic carbocycles. The van der Waals surface area contributed by atoms with Gasteiger partial charge in [-0.25, -0.2) is 4.79 Å². The van der Waals surface area contributed by atoms with E-state index in [4.69, 9.17) is 22.9 Å². The number of hydrogen-bond donors (Lipinski definition) is 7. The lowest BCUT2D eigenvalue weighted by Crippen LogP contribution is -2.57. The van der Waals surface area contributed by atoms with E-state index in [0.29, 0.717) is 19.3 Å². The van der Waals surface area contributed by atoms with E-state index in [-0.39, 0.29) is 50.7 Å². The second kappa shape index (κ2) is 14.9. The van der Waals surface area contributed by atoms with Crippen molar-refractivity contribution >= 4 is 35.6 Å². The number of rotatable bonds is 15. The van der Waals surface area contributed by atoms with Crippen molar-refractivity contribution in [3.63, 3.8) is 0 Å². The summed E-state index contributed by atoms with van der Waals surface area (Å²) < 4.78 is 0. The van der Waals surface area contributed by atoms with Gasteiger partial charge < -0.3 is 43.6 Å². The summed E-state index contributed by atoms with van der Waals surface area (Å²) in [6, 6.07) is -4.09. The SMILES string of the molecule is CC(C)CC(NC(=O)C(CCC(N)=O)NC(=O)C(N)CCCN=C(N)N)C(=O)N1CCCC1C(=O)O. The minimum Gasteiger partial charge on any atom is -0.480 e. The fraction of sp³-hybridized carbons (Fsp3) is 0.727. The number of carboxylic acids is 1. The van der Waals surface area contributed by atoms with E-state index in [1.54, 1.807) is 0 Å². The van der Waals surface area contributed by atoms with Gasteiger partial charge in [0.2, 0.25) is 23.6 Å². The number of nitrogens with two attached hydrogens (primary N) is 4. The van der Waals surface area contributed by atoms with Crippen LogP contribution in [0.5, 0.6) is 0 Å². The van der Waals surface area contributed by atoms with E-state index in [2.05, 4.69) is 15.6 Å². The summed E-state index contributed by atoms with van der Waals surface area (Å²) in [5.41, 5.74) is 21.7. The summed E-state index contributed by atoms with van der Waals surface area (Å²) >= 11 is 0. The van der Waals surface area contributed by atoms with Crippen molar-refractivity contribution in [3.05, 3.63) is 0 Å². The van der Waals surface area contributed by atoms with Crippen molar-refractivity contribution in [2.75, 3.05) is 13.1 Å². The summed E-state index contributed by atoms with van der Waals surface area (Å²) in [4.78, 5) is 66.9. The average Bonchev–Trinajstić information content (AvgIpc) is 3.27. The normalized spacial score (nSPS) is 17.7. The molecular formula is C22H40N8O6. The van der Waals surface area contributed by atoms with Crippen LogP contribution in [0.1, 0.15) is 58.8 Å². The van der Waals surface area contributed by atoms with Crippen LogP contribution in [-0.4, -0.2) is 82.8 Å². The molecule has 1 saturated heterocycles. The van der Waals surface area contributed by atoms with Gasteiger partial charge in [-0.2, -0.15) is 0 Å². The highest BCUT2D eigenvalue weighted by Crippen LogP contribution is 2.20. The molecule has 4 amide bonds. The molecular weight excluding hydrogens is 472 g/mol. The molecule has 1 fully saturated rings. The molecule has 0 saturated carbocycles. The minimum absolute atomic E-state index is 0.00225. The van der Waals surface area contributed by atoms with Gasteiger partial charge in [-0.05, 0) is 44.4 Å². The summed E-state index contributed by atoms with van der Waals surface area (Å²) in [6.07, 6.45) is 1.52. The van der Waals surface area contributed by atoms with Crippen LogP contribution in [0.2, 0.25) is 0 Å². The maximum absolute atomic E-state index is 13.2. The van der Waals surface area contributed by atoms with E-state index < -0.39 is 53.8 Å². The Kier molecular flexibility index (Phi) is 12.6. The number of aliphatic carboxylic acids is 1. The number of guanidine groups is 1. The molecule has 0 aromatic rings. The Hall–Kier alpha value is -3.42. The van der Waals surface area contributed by atoms with Crippen LogP contribution in [0.25, 0.3) is 0 Å². The molecule has 4 atom stereocenters. The molecule has 1 heterocycles. The Morgan fingerprint density at radius 1 is 1.03 bits per heavy atom. The number of nitrogens with zero attached hydrogens (tertiary/aromatic N) is 2. The van der Waals surface area contributed by atoms with Crippen molar-refractivity contribution < 1.29 is 29.1 Å². The van der Waals surface area contributed by atoms with Crippen LogP contribution >= 0.6 is 0 Å². The Bertz CT molecular complexity index is 829. The topological polar surface area (TPSA) is 249 Å². The smallest absolute Gasteiger partial charge is 0.326 e.